The van der Waals surface area contributed by atoms with Crippen molar-refractivity contribution in [2.45, 2.75) is 48.7 Å². The molecule has 0 amide bonds. The number of benzene rings is 2. The molecule has 4 heterocycles. The van der Waals surface area contributed by atoms with Crippen LogP contribution in [0, 0.1) is 0 Å². The van der Waals surface area contributed by atoms with E-state index in [1.165, 1.54) is 25.5 Å². The zero-order chi connectivity index (χ0) is 30.5. The van der Waals surface area contributed by atoms with Crippen LogP contribution >= 0.6 is 0 Å². The van der Waals surface area contributed by atoms with Crippen molar-refractivity contribution in [1.82, 2.24) is 0 Å². The van der Waals surface area contributed by atoms with E-state index >= 15 is 0 Å². The first-order valence-electron chi connectivity index (χ1n) is 13.3. The monoisotopic (exact) mass is 606 g/mol. The molecule has 3 aliphatic heterocycles. The second-order valence-corrected chi connectivity index (χ2v) is 10.4. The summed E-state index contributed by atoms with van der Waals surface area (Å²) in [7, 11) is 1.34. The predicted molar refractivity (Wildman–Crippen MR) is 142 cm³/mol. The van der Waals surface area contributed by atoms with Gasteiger partial charge in [0.05, 0.1) is 37.9 Å². The van der Waals surface area contributed by atoms with E-state index in [0.717, 1.165) is 0 Å². The minimum atomic E-state index is -1.93. The Labute approximate surface area is 242 Å². The molecule has 6 rings (SSSR count). The quantitative estimate of drug-likeness (QED) is 0.178. The van der Waals surface area contributed by atoms with Gasteiger partial charge in [-0.1, -0.05) is 6.07 Å². The van der Waals surface area contributed by atoms with E-state index in [-0.39, 0.29) is 40.3 Å². The third kappa shape index (κ3) is 5.28. The Kier molecular flexibility index (Phi) is 7.93. The first-order chi connectivity index (χ1) is 20.6. The topological polar surface area (TPSA) is 216 Å². The number of rotatable bonds is 8. The lowest BCUT2D eigenvalue weighted by molar-refractivity contribution is -0.289. The highest BCUT2D eigenvalue weighted by Crippen LogP contribution is 2.38. The Morgan fingerprint density at radius 3 is 2.51 bits per heavy atom. The standard InChI is InChI=1S/C28H30O15/c1-36-17-5-13-16(37-7-14(21(13)30)12-2-3-15-18(4-12)41-11-40-15)6-19(17)42-26-24(33)23(32)22(31)20(43-26)8-38-27-25(34)28(35,9-29)10-39-27/h2-7,20,22-27,29,31-35H,8-11H2,1H3/t20-,22-,23+,24-,25+,26-,27-,28-/m1/s1. The first kappa shape index (κ1) is 29.6. The third-order valence-corrected chi connectivity index (χ3v) is 7.66. The van der Waals surface area contributed by atoms with E-state index in [2.05, 4.69) is 0 Å². The van der Waals surface area contributed by atoms with Crippen molar-refractivity contribution in [2.75, 3.05) is 33.7 Å². The van der Waals surface area contributed by atoms with Crippen LogP contribution in [0.5, 0.6) is 23.0 Å². The minimum Gasteiger partial charge on any atom is -0.493 e. The summed E-state index contributed by atoms with van der Waals surface area (Å²) < 4.78 is 44.0. The Balaban J connectivity index is 1.22. The number of hydrogen-bond acceptors (Lipinski definition) is 15. The van der Waals surface area contributed by atoms with Gasteiger partial charge < -0.3 is 68.2 Å². The van der Waals surface area contributed by atoms with Gasteiger partial charge in [-0.25, -0.2) is 0 Å². The number of hydrogen-bond donors (Lipinski definition) is 6. The van der Waals surface area contributed by atoms with Crippen LogP contribution in [0.1, 0.15) is 0 Å². The Morgan fingerprint density at radius 1 is 0.977 bits per heavy atom. The normalized spacial score (nSPS) is 31.8. The largest absolute Gasteiger partial charge is 0.493 e. The van der Waals surface area contributed by atoms with Crippen molar-refractivity contribution in [2.24, 2.45) is 0 Å². The molecule has 0 saturated carbocycles. The molecule has 2 saturated heterocycles. The molecule has 1 aromatic heterocycles. The molecule has 6 N–H and O–H groups in total. The first-order valence-corrected chi connectivity index (χ1v) is 13.3. The lowest BCUT2D eigenvalue weighted by Crippen LogP contribution is -2.60. The summed E-state index contributed by atoms with van der Waals surface area (Å²) >= 11 is 0. The van der Waals surface area contributed by atoms with E-state index in [4.69, 9.17) is 37.6 Å². The van der Waals surface area contributed by atoms with Crippen molar-refractivity contribution in [3.05, 3.63) is 46.8 Å². The van der Waals surface area contributed by atoms with Gasteiger partial charge in [0.15, 0.2) is 29.3 Å². The molecular weight excluding hydrogens is 576 g/mol. The van der Waals surface area contributed by atoms with Gasteiger partial charge in [0.1, 0.15) is 48.0 Å². The maximum Gasteiger partial charge on any atom is 0.231 e. The second-order valence-electron chi connectivity index (χ2n) is 10.4. The number of fused-ring (bicyclic) bond motifs is 2. The molecule has 0 bridgehead atoms. The van der Waals surface area contributed by atoms with Gasteiger partial charge in [-0.3, -0.25) is 4.79 Å². The van der Waals surface area contributed by atoms with Crippen LogP contribution in [0.25, 0.3) is 22.1 Å². The second kappa shape index (κ2) is 11.5. The summed E-state index contributed by atoms with van der Waals surface area (Å²) in [4.78, 5) is 13.4. The predicted octanol–water partition coefficient (Wildman–Crippen LogP) is -1.16. The van der Waals surface area contributed by atoms with E-state index in [0.29, 0.717) is 17.1 Å². The fraction of sp³-hybridized carbons (Fsp3) is 0.464. The Bertz CT molecular complexity index is 1540. The fourth-order valence-electron chi connectivity index (χ4n) is 5.05. The molecule has 3 aromatic rings. The van der Waals surface area contributed by atoms with Crippen molar-refractivity contribution >= 4 is 11.0 Å². The molecule has 3 aliphatic rings. The highest BCUT2D eigenvalue weighted by atomic mass is 16.7. The lowest BCUT2D eigenvalue weighted by Gasteiger charge is -2.40. The Hall–Kier alpha value is -3.51. The average molecular weight is 607 g/mol. The van der Waals surface area contributed by atoms with Gasteiger partial charge >= 0.3 is 0 Å². The average Bonchev–Trinajstić information content (AvgIpc) is 3.60. The minimum absolute atomic E-state index is 0.0103. The van der Waals surface area contributed by atoms with Crippen LogP contribution in [0.15, 0.2) is 45.8 Å². The molecular formula is C28H30O15. The highest BCUT2D eigenvalue weighted by molar-refractivity contribution is 5.85. The van der Waals surface area contributed by atoms with Crippen LogP contribution in [0.2, 0.25) is 0 Å². The van der Waals surface area contributed by atoms with Gasteiger partial charge in [0.25, 0.3) is 0 Å². The summed E-state index contributed by atoms with van der Waals surface area (Å²) in [6.07, 6.45) is -9.58. The SMILES string of the molecule is COc1cc2c(=O)c(-c3ccc4c(c3)OCO4)coc2cc1O[C@@H]1O[C@H](CO[C@@H]2OC[C@](O)(CO)[C@H]2O)[C@@H](O)[C@H](O)[C@H]1O. The van der Waals surface area contributed by atoms with E-state index in [1.807, 2.05) is 0 Å². The van der Waals surface area contributed by atoms with Crippen LogP contribution in [-0.2, 0) is 14.2 Å². The van der Waals surface area contributed by atoms with Crippen LogP contribution in [0.4, 0.5) is 0 Å². The molecule has 0 radical (unpaired) electrons. The van der Waals surface area contributed by atoms with E-state index < -0.39 is 68.5 Å². The molecule has 0 unspecified atom stereocenters. The number of ether oxygens (including phenoxy) is 7. The number of methoxy groups -OCH3 is 1. The van der Waals surface area contributed by atoms with Gasteiger partial charge in [-0.2, -0.15) is 0 Å². The smallest absolute Gasteiger partial charge is 0.231 e. The van der Waals surface area contributed by atoms with Crippen LogP contribution in [-0.4, -0.2) is 113 Å². The molecule has 8 atom stereocenters. The summed E-state index contributed by atoms with van der Waals surface area (Å²) in [5, 5.41) is 61.4. The van der Waals surface area contributed by atoms with Gasteiger partial charge in [0.2, 0.25) is 18.5 Å². The van der Waals surface area contributed by atoms with Crippen molar-refractivity contribution in [3.63, 3.8) is 0 Å². The van der Waals surface area contributed by atoms with Gasteiger partial charge in [-0.15, -0.1) is 0 Å². The van der Waals surface area contributed by atoms with Crippen molar-refractivity contribution in [3.8, 4) is 34.1 Å². The molecule has 232 valence electrons. The summed E-state index contributed by atoms with van der Waals surface area (Å²) in [6.45, 7) is -1.54. The van der Waals surface area contributed by atoms with Gasteiger partial charge in [0, 0.05) is 6.07 Å². The lowest BCUT2D eigenvalue weighted by atomic mass is 9.99. The molecule has 15 nitrogen and oxygen atoms in total. The van der Waals surface area contributed by atoms with Crippen LogP contribution < -0.4 is 24.4 Å². The third-order valence-electron chi connectivity index (χ3n) is 7.66. The molecule has 0 aliphatic carbocycles. The maximum atomic E-state index is 13.4. The maximum absolute atomic E-state index is 13.4. The van der Waals surface area contributed by atoms with Crippen molar-refractivity contribution in [1.29, 1.82) is 0 Å². The van der Waals surface area contributed by atoms with E-state index in [9.17, 15) is 35.4 Å². The fourth-order valence-corrected chi connectivity index (χ4v) is 5.05. The molecule has 2 fully saturated rings. The molecule has 43 heavy (non-hydrogen) atoms. The number of aliphatic hydroxyl groups excluding tert-OH is 5. The van der Waals surface area contributed by atoms with Gasteiger partial charge in [-0.05, 0) is 23.8 Å². The zero-order valence-electron chi connectivity index (χ0n) is 22.7. The zero-order valence-corrected chi connectivity index (χ0v) is 22.7. The number of aliphatic hydroxyl groups is 6. The molecule has 2 aromatic carbocycles. The van der Waals surface area contributed by atoms with Crippen LogP contribution in [0.3, 0.4) is 0 Å². The molecule has 0 spiro atoms. The van der Waals surface area contributed by atoms with Crippen molar-refractivity contribution < 1.29 is 68.2 Å². The molecule has 15 heteroatoms. The highest BCUT2D eigenvalue weighted by Gasteiger charge is 2.50. The summed E-state index contributed by atoms with van der Waals surface area (Å²) in [5.41, 5.74) is -1.35. The summed E-state index contributed by atoms with van der Waals surface area (Å²) in [5.74, 6) is 1.13. The summed E-state index contributed by atoms with van der Waals surface area (Å²) in [6, 6.07) is 7.82. The van der Waals surface area contributed by atoms with E-state index in [1.54, 1.807) is 18.2 Å². The Morgan fingerprint density at radius 2 is 1.77 bits per heavy atom.